The van der Waals surface area contributed by atoms with Crippen LogP contribution in [0.4, 0.5) is 0 Å². The Balaban J connectivity index is 2.32. The molecule has 0 spiro atoms. The lowest BCUT2D eigenvalue weighted by molar-refractivity contribution is 0.448. The van der Waals surface area contributed by atoms with Gasteiger partial charge in [-0.15, -0.1) is 0 Å². The summed E-state index contributed by atoms with van der Waals surface area (Å²) in [6.45, 7) is 0. The van der Waals surface area contributed by atoms with Crippen LogP contribution < -0.4 is 5.43 Å². The first-order valence-electron chi connectivity index (χ1n) is 5.81. The molecule has 2 N–H and O–H groups in total. The molecule has 3 rings (SSSR count). The molecule has 20 heavy (non-hydrogen) atoms. The Hall–Kier alpha value is -2.27. The molecule has 5 heteroatoms. The lowest BCUT2D eigenvalue weighted by Crippen LogP contribution is -2.02. The molecular formula is C15H9BrO4. The fourth-order valence-electron chi connectivity index (χ4n) is 1.97. The van der Waals surface area contributed by atoms with Gasteiger partial charge < -0.3 is 14.6 Å². The van der Waals surface area contributed by atoms with E-state index in [0.717, 1.165) is 4.47 Å². The molecule has 0 bridgehead atoms. The van der Waals surface area contributed by atoms with Crippen LogP contribution in [-0.4, -0.2) is 10.2 Å². The molecule has 3 aromatic rings. The van der Waals surface area contributed by atoms with Gasteiger partial charge in [-0.05, 0) is 42.5 Å². The SMILES string of the molecule is O=c1c(O)c(-c2ccc(Br)cc2)oc2ccc(O)cc12. The molecule has 0 saturated carbocycles. The summed E-state index contributed by atoms with van der Waals surface area (Å²) in [6.07, 6.45) is 0. The van der Waals surface area contributed by atoms with Crippen LogP contribution in [0.25, 0.3) is 22.3 Å². The standard InChI is InChI=1S/C15H9BrO4/c16-9-3-1-8(2-4-9)15-14(19)13(18)11-7-10(17)5-6-12(11)20-15/h1-7,17,19H. The van der Waals surface area contributed by atoms with Crippen LogP contribution in [0, 0.1) is 0 Å². The van der Waals surface area contributed by atoms with Gasteiger partial charge in [0, 0.05) is 10.0 Å². The van der Waals surface area contributed by atoms with Crippen molar-refractivity contribution < 1.29 is 14.6 Å². The van der Waals surface area contributed by atoms with Gasteiger partial charge in [-0.1, -0.05) is 15.9 Å². The summed E-state index contributed by atoms with van der Waals surface area (Å²) >= 11 is 3.32. The van der Waals surface area contributed by atoms with Crippen molar-refractivity contribution >= 4 is 26.9 Å². The second-order valence-electron chi connectivity index (χ2n) is 4.30. The lowest BCUT2D eigenvalue weighted by atomic mass is 10.1. The van der Waals surface area contributed by atoms with Crippen molar-refractivity contribution in [2.45, 2.75) is 0 Å². The van der Waals surface area contributed by atoms with Crippen molar-refractivity contribution in [3.63, 3.8) is 0 Å². The Labute approximate surface area is 122 Å². The van der Waals surface area contributed by atoms with E-state index >= 15 is 0 Å². The number of halogens is 1. The van der Waals surface area contributed by atoms with Crippen molar-refractivity contribution in [3.8, 4) is 22.8 Å². The molecule has 0 amide bonds. The summed E-state index contributed by atoms with van der Waals surface area (Å²) in [5.41, 5.74) is 0.335. The fraction of sp³-hybridized carbons (Fsp3) is 0. The number of hydrogen-bond acceptors (Lipinski definition) is 4. The molecule has 0 radical (unpaired) electrons. The Bertz CT molecular complexity index is 850. The zero-order chi connectivity index (χ0) is 14.3. The predicted octanol–water partition coefficient (Wildman–Crippen LogP) is 3.63. The molecule has 0 aliphatic carbocycles. The quantitative estimate of drug-likeness (QED) is 0.713. The van der Waals surface area contributed by atoms with E-state index in [4.69, 9.17) is 4.42 Å². The molecule has 4 nitrogen and oxygen atoms in total. The zero-order valence-corrected chi connectivity index (χ0v) is 11.7. The Morgan fingerprint density at radius 1 is 1.00 bits per heavy atom. The van der Waals surface area contributed by atoms with E-state index in [0.29, 0.717) is 11.1 Å². The largest absolute Gasteiger partial charge is 0.508 e. The van der Waals surface area contributed by atoms with Gasteiger partial charge >= 0.3 is 0 Å². The highest BCUT2D eigenvalue weighted by molar-refractivity contribution is 9.10. The van der Waals surface area contributed by atoms with Crippen LogP contribution >= 0.6 is 15.9 Å². The van der Waals surface area contributed by atoms with Gasteiger partial charge in [0.2, 0.25) is 11.2 Å². The van der Waals surface area contributed by atoms with Gasteiger partial charge in [-0.2, -0.15) is 0 Å². The van der Waals surface area contributed by atoms with Gasteiger partial charge in [0.25, 0.3) is 0 Å². The van der Waals surface area contributed by atoms with E-state index in [1.165, 1.54) is 18.2 Å². The van der Waals surface area contributed by atoms with Crippen LogP contribution in [0.3, 0.4) is 0 Å². The Kier molecular flexibility index (Phi) is 2.99. The second kappa shape index (κ2) is 4.68. The van der Waals surface area contributed by atoms with Gasteiger partial charge in [0.05, 0.1) is 5.39 Å². The monoisotopic (exact) mass is 332 g/mol. The van der Waals surface area contributed by atoms with Crippen LogP contribution in [0.2, 0.25) is 0 Å². The highest BCUT2D eigenvalue weighted by Gasteiger charge is 2.15. The molecule has 2 aromatic carbocycles. The molecule has 100 valence electrons. The van der Waals surface area contributed by atoms with E-state index < -0.39 is 11.2 Å². The topological polar surface area (TPSA) is 70.7 Å². The average molecular weight is 333 g/mol. The third-order valence-electron chi connectivity index (χ3n) is 2.96. The number of aromatic hydroxyl groups is 2. The minimum Gasteiger partial charge on any atom is -0.508 e. The van der Waals surface area contributed by atoms with Crippen LogP contribution in [-0.2, 0) is 0 Å². The van der Waals surface area contributed by atoms with E-state index in [9.17, 15) is 15.0 Å². The van der Waals surface area contributed by atoms with Gasteiger partial charge in [-0.3, -0.25) is 4.79 Å². The minimum atomic E-state index is -0.569. The second-order valence-corrected chi connectivity index (χ2v) is 5.21. The molecule has 0 aliphatic rings. The number of phenols is 1. The summed E-state index contributed by atoms with van der Waals surface area (Å²) in [5.74, 6) is -0.410. The molecule has 0 fully saturated rings. The van der Waals surface area contributed by atoms with Crippen molar-refractivity contribution in [3.05, 3.63) is 57.2 Å². The van der Waals surface area contributed by atoms with E-state index in [-0.39, 0.29) is 16.9 Å². The van der Waals surface area contributed by atoms with Gasteiger partial charge in [0.1, 0.15) is 11.3 Å². The number of phenolic OH excluding ortho intramolecular Hbond substituents is 1. The van der Waals surface area contributed by atoms with E-state index in [1.54, 1.807) is 24.3 Å². The first-order valence-corrected chi connectivity index (χ1v) is 6.60. The summed E-state index contributed by atoms with van der Waals surface area (Å²) < 4.78 is 6.46. The van der Waals surface area contributed by atoms with Crippen molar-refractivity contribution in [1.29, 1.82) is 0 Å². The highest BCUT2D eigenvalue weighted by atomic mass is 79.9. The lowest BCUT2D eigenvalue weighted by Gasteiger charge is -2.06. The van der Waals surface area contributed by atoms with Gasteiger partial charge in [-0.25, -0.2) is 0 Å². The van der Waals surface area contributed by atoms with Crippen LogP contribution in [0.5, 0.6) is 11.5 Å². The van der Waals surface area contributed by atoms with Crippen molar-refractivity contribution in [2.24, 2.45) is 0 Å². The number of hydrogen-bond donors (Lipinski definition) is 2. The Morgan fingerprint density at radius 2 is 1.70 bits per heavy atom. The summed E-state index contributed by atoms with van der Waals surface area (Å²) in [4.78, 5) is 12.1. The number of rotatable bonds is 1. The van der Waals surface area contributed by atoms with Crippen molar-refractivity contribution in [1.82, 2.24) is 0 Å². The average Bonchev–Trinajstić information content (AvgIpc) is 2.44. The normalized spacial score (nSPS) is 10.8. The Morgan fingerprint density at radius 3 is 2.40 bits per heavy atom. The van der Waals surface area contributed by atoms with E-state index in [1.807, 2.05) is 0 Å². The first kappa shape index (κ1) is 12.7. The summed E-state index contributed by atoms with van der Waals surface area (Å²) in [7, 11) is 0. The summed E-state index contributed by atoms with van der Waals surface area (Å²) in [5, 5.41) is 19.5. The smallest absolute Gasteiger partial charge is 0.235 e. The third-order valence-corrected chi connectivity index (χ3v) is 3.49. The molecular weight excluding hydrogens is 324 g/mol. The summed E-state index contributed by atoms with van der Waals surface area (Å²) in [6, 6.07) is 11.2. The highest BCUT2D eigenvalue weighted by Crippen LogP contribution is 2.31. The molecule has 1 heterocycles. The fourth-order valence-corrected chi connectivity index (χ4v) is 2.23. The van der Waals surface area contributed by atoms with Crippen LogP contribution in [0.15, 0.2) is 56.1 Å². The predicted molar refractivity (Wildman–Crippen MR) is 78.9 cm³/mol. The number of benzene rings is 2. The van der Waals surface area contributed by atoms with Crippen LogP contribution in [0.1, 0.15) is 0 Å². The molecule has 0 saturated heterocycles. The maximum absolute atomic E-state index is 12.1. The van der Waals surface area contributed by atoms with E-state index in [2.05, 4.69) is 15.9 Å². The van der Waals surface area contributed by atoms with Gasteiger partial charge in [0.15, 0.2) is 5.76 Å². The maximum atomic E-state index is 12.1. The molecule has 1 aromatic heterocycles. The first-order chi connectivity index (χ1) is 9.56. The third kappa shape index (κ3) is 2.06. The number of fused-ring (bicyclic) bond motifs is 1. The maximum Gasteiger partial charge on any atom is 0.235 e. The van der Waals surface area contributed by atoms with Crippen molar-refractivity contribution in [2.75, 3.05) is 0 Å². The zero-order valence-electron chi connectivity index (χ0n) is 10.1. The molecule has 0 unspecified atom stereocenters. The molecule has 0 aliphatic heterocycles. The minimum absolute atomic E-state index is 0.0550. The molecule has 0 atom stereocenters.